The van der Waals surface area contributed by atoms with E-state index in [-0.39, 0.29) is 0 Å². The minimum absolute atomic E-state index is 0.332. The third-order valence-corrected chi connectivity index (χ3v) is 6.24. The van der Waals surface area contributed by atoms with Crippen LogP contribution in [0.3, 0.4) is 0 Å². The Kier molecular flexibility index (Phi) is 4.62. The molecule has 0 spiro atoms. The molecule has 2 aliphatic heterocycles. The quantitative estimate of drug-likeness (QED) is 0.843. The van der Waals surface area contributed by atoms with Crippen molar-refractivity contribution < 1.29 is 8.42 Å². The van der Waals surface area contributed by atoms with Crippen molar-refractivity contribution in [1.29, 1.82) is 0 Å². The first-order valence-electron chi connectivity index (χ1n) is 7.83. The lowest BCUT2D eigenvalue weighted by Gasteiger charge is -2.32. The van der Waals surface area contributed by atoms with Gasteiger partial charge in [-0.1, -0.05) is 30.3 Å². The molecule has 2 fully saturated rings. The normalized spacial score (nSPS) is 27.0. The topological polar surface area (TPSA) is 40.6 Å². The second kappa shape index (κ2) is 6.46. The zero-order valence-electron chi connectivity index (χ0n) is 12.4. The van der Waals surface area contributed by atoms with Crippen LogP contribution >= 0.6 is 0 Å². The van der Waals surface area contributed by atoms with Crippen molar-refractivity contribution in [3.8, 4) is 0 Å². The molecule has 116 valence electrons. The van der Waals surface area contributed by atoms with Crippen molar-refractivity contribution in [1.82, 2.24) is 9.80 Å². The summed E-state index contributed by atoms with van der Waals surface area (Å²) in [5.41, 5.74) is 1.37. The molecule has 1 aromatic rings. The lowest BCUT2D eigenvalue weighted by Crippen LogP contribution is -2.46. The number of likely N-dealkylation sites (tertiary alicyclic amines) is 1. The van der Waals surface area contributed by atoms with Gasteiger partial charge in [0.15, 0.2) is 9.84 Å². The molecule has 0 amide bonds. The first-order valence-corrected chi connectivity index (χ1v) is 9.65. The van der Waals surface area contributed by atoms with Crippen molar-refractivity contribution >= 4 is 9.84 Å². The Morgan fingerprint density at radius 1 is 1.05 bits per heavy atom. The average Bonchev–Trinajstić information content (AvgIpc) is 2.89. The number of benzene rings is 1. The maximum absolute atomic E-state index is 11.5. The lowest BCUT2D eigenvalue weighted by atomic mass is 10.1. The van der Waals surface area contributed by atoms with Crippen molar-refractivity contribution in [3.63, 3.8) is 0 Å². The number of sulfone groups is 1. The van der Waals surface area contributed by atoms with Crippen molar-refractivity contribution in [2.24, 2.45) is 0 Å². The Labute approximate surface area is 127 Å². The first kappa shape index (κ1) is 15.0. The van der Waals surface area contributed by atoms with Crippen LogP contribution in [0, 0.1) is 0 Å². The van der Waals surface area contributed by atoms with Crippen molar-refractivity contribution in [2.75, 3.05) is 37.7 Å². The summed E-state index contributed by atoms with van der Waals surface area (Å²) in [6.07, 6.45) is 2.49. The van der Waals surface area contributed by atoms with Crippen LogP contribution < -0.4 is 0 Å². The fourth-order valence-electron chi connectivity index (χ4n) is 3.36. The van der Waals surface area contributed by atoms with E-state index in [2.05, 4.69) is 40.1 Å². The minimum Gasteiger partial charge on any atom is -0.300 e. The van der Waals surface area contributed by atoms with Gasteiger partial charge in [-0.3, -0.25) is 9.80 Å². The van der Waals surface area contributed by atoms with E-state index in [0.717, 1.165) is 19.6 Å². The summed E-state index contributed by atoms with van der Waals surface area (Å²) in [5.74, 6) is 0.664. The van der Waals surface area contributed by atoms with Gasteiger partial charge in [-0.2, -0.15) is 0 Å². The second-order valence-corrected chi connectivity index (χ2v) is 8.51. The average molecular weight is 308 g/mol. The third kappa shape index (κ3) is 4.05. The Hall–Kier alpha value is -0.910. The molecule has 1 aromatic carbocycles. The zero-order chi connectivity index (χ0) is 14.7. The van der Waals surface area contributed by atoms with E-state index in [9.17, 15) is 8.42 Å². The standard InChI is InChI=1S/C16H24N2O2S/c19-21(20)11-9-17(10-12-21)14-16-7-4-8-18(16)13-15-5-2-1-3-6-15/h1-3,5-6,16H,4,7-14H2/t16-/m1/s1. The molecular weight excluding hydrogens is 284 g/mol. The van der Waals surface area contributed by atoms with Gasteiger partial charge in [-0.15, -0.1) is 0 Å². The predicted molar refractivity (Wildman–Crippen MR) is 85.0 cm³/mol. The number of rotatable bonds is 4. The van der Waals surface area contributed by atoms with E-state index in [1.54, 1.807) is 0 Å². The fourth-order valence-corrected chi connectivity index (χ4v) is 4.64. The van der Waals surface area contributed by atoms with E-state index < -0.39 is 9.84 Å². The van der Waals surface area contributed by atoms with E-state index >= 15 is 0 Å². The van der Waals surface area contributed by atoms with Crippen molar-refractivity contribution in [3.05, 3.63) is 35.9 Å². The monoisotopic (exact) mass is 308 g/mol. The molecule has 0 bridgehead atoms. The van der Waals surface area contributed by atoms with Crippen LogP contribution in [0.15, 0.2) is 30.3 Å². The number of hydrogen-bond donors (Lipinski definition) is 0. The van der Waals surface area contributed by atoms with Gasteiger partial charge in [0.2, 0.25) is 0 Å². The number of hydrogen-bond acceptors (Lipinski definition) is 4. The van der Waals surface area contributed by atoms with Gasteiger partial charge in [0.1, 0.15) is 0 Å². The summed E-state index contributed by atoms with van der Waals surface area (Å²) in [6.45, 7) is 4.60. The Morgan fingerprint density at radius 3 is 2.48 bits per heavy atom. The van der Waals surface area contributed by atoms with Crippen LogP contribution in [0.25, 0.3) is 0 Å². The summed E-state index contributed by atoms with van der Waals surface area (Å²) in [5, 5.41) is 0. The summed E-state index contributed by atoms with van der Waals surface area (Å²) in [7, 11) is -2.77. The van der Waals surface area contributed by atoms with Gasteiger partial charge in [0.25, 0.3) is 0 Å². The Morgan fingerprint density at radius 2 is 1.76 bits per heavy atom. The van der Waals surface area contributed by atoms with Crippen LogP contribution in [0.4, 0.5) is 0 Å². The van der Waals surface area contributed by atoms with E-state index in [1.807, 2.05) is 0 Å². The molecule has 0 unspecified atom stereocenters. The maximum atomic E-state index is 11.5. The molecule has 2 aliphatic rings. The summed E-state index contributed by atoms with van der Waals surface area (Å²) in [6, 6.07) is 11.2. The first-order chi connectivity index (χ1) is 10.1. The SMILES string of the molecule is O=S1(=O)CCN(C[C@H]2CCCN2Cc2ccccc2)CC1. The Bertz CT molecular complexity index is 545. The highest BCUT2D eigenvalue weighted by molar-refractivity contribution is 7.91. The van der Waals surface area contributed by atoms with E-state index in [4.69, 9.17) is 0 Å². The molecule has 4 nitrogen and oxygen atoms in total. The smallest absolute Gasteiger partial charge is 0.152 e. The highest BCUT2D eigenvalue weighted by Crippen LogP contribution is 2.21. The molecule has 1 atom stereocenters. The molecule has 2 saturated heterocycles. The van der Waals surface area contributed by atoms with Crippen LogP contribution in [0.1, 0.15) is 18.4 Å². The van der Waals surface area contributed by atoms with Crippen LogP contribution in [-0.2, 0) is 16.4 Å². The van der Waals surface area contributed by atoms with Gasteiger partial charge >= 0.3 is 0 Å². The Balaban J connectivity index is 1.55. The van der Waals surface area contributed by atoms with Gasteiger partial charge in [0, 0.05) is 32.2 Å². The second-order valence-electron chi connectivity index (χ2n) is 6.20. The van der Waals surface area contributed by atoms with Crippen LogP contribution in [0.2, 0.25) is 0 Å². The fraction of sp³-hybridized carbons (Fsp3) is 0.625. The predicted octanol–water partition coefficient (Wildman–Crippen LogP) is 1.38. The molecule has 2 heterocycles. The molecular formula is C16H24N2O2S. The minimum atomic E-state index is -2.77. The van der Waals surface area contributed by atoms with Crippen molar-refractivity contribution in [2.45, 2.75) is 25.4 Å². The zero-order valence-corrected chi connectivity index (χ0v) is 13.3. The molecule has 0 radical (unpaired) electrons. The number of nitrogens with zero attached hydrogens (tertiary/aromatic N) is 2. The maximum Gasteiger partial charge on any atom is 0.152 e. The third-order valence-electron chi connectivity index (χ3n) is 4.63. The lowest BCUT2D eigenvalue weighted by molar-refractivity contribution is 0.173. The van der Waals surface area contributed by atoms with Gasteiger partial charge < -0.3 is 0 Å². The highest BCUT2D eigenvalue weighted by Gasteiger charge is 2.29. The highest BCUT2D eigenvalue weighted by atomic mass is 32.2. The summed E-state index contributed by atoms with van der Waals surface area (Å²) < 4.78 is 23.0. The molecule has 3 rings (SSSR count). The summed E-state index contributed by atoms with van der Waals surface area (Å²) in [4.78, 5) is 4.88. The molecule has 0 aliphatic carbocycles. The molecule has 0 saturated carbocycles. The van der Waals surface area contributed by atoms with Crippen LogP contribution in [0.5, 0.6) is 0 Å². The molecule has 5 heteroatoms. The van der Waals surface area contributed by atoms with E-state index in [1.165, 1.54) is 18.4 Å². The molecule has 21 heavy (non-hydrogen) atoms. The summed E-state index contributed by atoms with van der Waals surface area (Å²) >= 11 is 0. The largest absolute Gasteiger partial charge is 0.300 e. The van der Waals surface area contributed by atoms with Gasteiger partial charge in [-0.25, -0.2) is 8.42 Å². The van der Waals surface area contributed by atoms with Gasteiger partial charge in [0.05, 0.1) is 11.5 Å². The molecule has 0 aromatic heterocycles. The van der Waals surface area contributed by atoms with Gasteiger partial charge in [-0.05, 0) is 24.9 Å². The van der Waals surface area contributed by atoms with Crippen LogP contribution in [-0.4, -0.2) is 61.9 Å². The molecule has 0 N–H and O–H groups in total. The van der Waals surface area contributed by atoms with E-state index in [0.29, 0.717) is 30.6 Å².